The van der Waals surface area contributed by atoms with Gasteiger partial charge in [0.1, 0.15) is 11.3 Å². The molecule has 1 N–H and O–H groups in total. The molecule has 154 valence electrons. The van der Waals surface area contributed by atoms with Gasteiger partial charge >= 0.3 is 0 Å². The summed E-state index contributed by atoms with van der Waals surface area (Å²) in [5.41, 5.74) is 4.04. The van der Waals surface area contributed by atoms with Gasteiger partial charge in [-0.25, -0.2) is 4.39 Å². The highest BCUT2D eigenvalue weighted by atomic mass is 19.1. The van der Waals surface area contributed by atoms with Gasteiger partial charge in [-0.2, -0.15) is 0 Å². The number of carbonyl (C=O) groups excluding carboxylic acids is 1. The average Bonchev–Trinajstić information content (AvgIpc) is 3.22. The fourth-order valence-corrected chi connectivity index (χ4v) is 3.74. The van der Waals surface area contributed by atoms with E-state index in [2.05, 4.69) is 29.6 Å². The topological polar surface area (TPSA) is 55.5 Å². The molecule has 5 nitrogen and oxygen atoms in total. The molecule has 0 saturated heterocycles. The second-order valence-electron chi connectivity index (χ2n) is 7.54. The van der Waals surface area contributed by atoms with Gasteiger partial charge in [0, 0.05) is 25.7 Å². The molecule has 30 heavy (non-hydrogen) atoms. The lowest BCUT2D eigenvalue weighted by Crippen LogP contribution is -2.27. The van der Waals surface area contributed by atoms with Crippen LogP contribution in [-0.4, -0.2) is 21.4 Å². The smallest absolute Gasteiger partial charge is 0.275 e. The van der Waals surface area contributed by atoms with E-state index in [1.165, 1.54) is 23.3 Å². The molecule has 0 atom stereocenters. The number of rotatable bonds is 7. The number of aromatic nitrogens is 2. The van der Waals surface area contributed by atoms with Crippen LogP contribution in [-0.2, 0) is 17.8 Å². The monoisotopic (exact) mass is 405 g/mol. The summed E-state index contributed by atoms with van der Waals surface area (Å²) in [4.78, 5) is 25.1. The minimum absolute atomic E-state index is 0.0468. The van der Waals surface area contributed by atoms with E-state index < -0.39 is 5.82 Å². The summed E-state index contributed by atoms with van der Waals surface area (Å²) in [6.07, 6.45) is 3.38. The Morgan fingerprint density at radius 2 is 1.83 bits per heavy atom. The standard InChI is InChI=1S/C24H24FN3O2/c1-17-6-8-18(9-7-17)12-13-26-23(29)5-3-15-28-22-16-19(25)10-11-20(22)27-14-2-4-21(27)24(28)30/h2,4,6-11,14,16H,3,5,12-13,15H2,1H3,(H,26,29). The van der Waals surface area contributed by atoms with Gasteiger partial charge in [0.05, 0.1) is 11.0 Å². The minimum Gasteiger partial charge on any atom is -0.356 e. The zero-order valence-electron chi connectivity index (χ0n) is 16.9. The quantitative estimate of drug-likeness (QED) is 0.508. The van der Waals surface area contributed by atoms with Crippen molar-refractivity contribution in [3.8, 4) is 0 Å². The second kappa shape index (κ2) is 8.53. The molecule has 0 bridgehead atoms. The predicted molar refractivity (Wildman–Crippen MR) is 116 cm³/mol. The van der Waals surface area contributed by atoms with Crippen molar-refractivity contribution in [2.24, 2.45) is 0 Å². The highest BCUT2D eigenvalue weighted by molar-refractivity contribution is 5.79. The summed E-state index contributed by atoms with van der Waals surface area (Å²) >= 11 is 0. The largest absolute Gasteiger partial charge is 0.356 e. The molecular weight excluding hydrogens is 381 g/mol. The molecule has 4 aromatic rings. The second-order valence-corrected chi connectivity index (χ2v) is 7.54. The van der Waals surface area contributed by atoms with Crippen molar-refractivity contribution in [2.75, 3.05) is 6.54 Å². The van der Waals surface area contributed by atoms with E-state index in [0.717, 1.165) is 11.9 Å². The number of nitrogens with zero attached hydrogens (tertiary/aromatic N) is 2. The molecular formula is C24H24FN3O2. The molecule has 0 fully saturated rings. The van der Waals surface area contributed by atoms with Crippen molar-refractivity contribution >= 4 is 22.5 Å². The number of carbonyl (C=O) groups is 1. The SMILES string of the molecule is Cc1ccc(CCNC(=O)CCCn2c(=O)c3cccn3c3ccc(F)cc32)cc1. The summed E-state index contributed by atoms with van der Waals surface area (Å²) < 4.78 is 17.2. The van der Waals surface area contributed by atoms with Crippen LogP contribution in [0.15, 0.2) is 65.6 Å². The summed E-state index contributed by atoms with van der Waals surface area (Å²) in [5.74, 6) is -0.439. The summed E-state index contributed by atoms with van der Waals surface area (Å²) in [6, 6.07) is 16.2. The third kappa shape index (κ3) is 4.13. The van der Waals surface area contributed by atoms with Crippen LogP contribution >= 0.6 is 0 Å². The molecule has 0 saturated carbocycles. The molecule has 0 spiro atoms. The number of aryl methyl sites for hydroxylation is 2. The van der Waals surface area contributed by atoms with Gasteiger partial charge in [-0.05, 0) is 55.7 Å². The van der Waals surface area contributed by atoms with Crippen molar-refractivity contribution in [3.05, 3.63) is 88.1 Å². The highest BCUT2D eigenvalue weighted by Gasteiger charge is 2.12. The maximum Gasteiger partial charge on any atom is 0.275 e. The predicted octanol–water partition coefficient (Wildman–Crippen LogP) is 3.84. The number of fused-ring (bicyclic) bond motifs is 3. The van der Waals surface area contributed by atoms with Gasteiger partial charge < -0.3 is 14.3 Å². The third-order valence-electron chi connectivity index (χ3n) is 5.34. The number of nitrogens with one attached hydrogen (secondary N) is 1. The number of halogens is 1. The van der Waals surface area contributed by atoms with Crippen LogP contribution in [0.5, 0.6) is 0 Å². The van der Waals surface area contributed by atoms with Gasteiger partial charge in [0.25, 0.3) is 5.56 Å². The Morgan fingerprint density at radius 3 is 2.63 bits per heavy atom. The van der Waals surface area contributed by atoms with Crippen molar-refractivity contribution in [3.63, 3.8) is 0 Å². The van der Waals surface area contributed by atoms with Crippen LogP contribution in [0.1, 0.15) is 24.0 Å². The fourth-order valence-electron chi connectivity index (χ4n) is 3.74. The molecule has 4 rings (SSSR count). The van der Waals surface area contributed by atoms with E-state index in [9.17, 15) is 14.0 Å². The zero-order valence-corrected chi connectivity index (χ0v) is 16.9. The van der Waals surface area contributed by atoms with E-state index in [1.807, 2.05) is 6.92 Å². The number of amides is 1. The van der Waals surface area contributed by atoms with Gasteiger partial charge in [-0.3, -0.25) is 9.59 Å². The van der Waals surface area contributed by atoms with E-state index >= 15 is 0 Å². The fraction of sp³-hybridized carbons (Fsp3) is 0.250. The Hall–Kier alpha value is -3.41. The summed E-state index contributed by atoms with van der Waals surface area (Å²) in [7, 11) is 0. The number of hydrogen-bond acceptors (Lipinski definition) is 2. The summed E-state index contributed by atoms with van der Waals surface area (Å²) in [5, 5.41) is 2.93. The van der Waals surface area contributed by atoms with Gasteiger partial charge in [-0.1, -0.05) is 29.8 Å². The lowest BCUT2D eigenvalue weighted by molar-refractivity contribution is -0.121. The molecule has 2 heterocycles. The van der Waals surface area contributed by atoms with E-state index in [0.29, 0.717) is 37.0 Å². The Labute approximate surface area is 173 Å². The zero-order chi connectivity index (χ0) is 21.1. The number of hydrogen-bond donors (Lipinski definition) is 1. The average molecular weight is 405 g/mol. The van der Waals surface area contributed by atoms with Crippen molar-refractivity contribution in [1.29, 1.82) is 0 Å². The Balaban J connectivity index is 1.40. The highest BCUT2D eigenvalue weighted by Crippen LogP contribution is 2.17. The van der Waals surface area contributed by atoms with Crippen molar-refractivity contribution in [2.45, 2.75) is 32.7 Å². The first-order valence-electron chi connectivity index (χ1n) is 10.1. The first-order chi connectivity index (χ1) is 14.5. The molecule has 0 radical (unpaired) electrons. The first kappa shape index (κ1) is 19.9. The third-order valence-corrected chi connectivity index (χ3v) is 5.34. The normalized spacial score (nSPS) is 11.3. The van der Waals surface area contributed by atoms with E-state index in [1.54, 1.807) is 33.4 Å². The van der Waals surface area contributed by atoms with Crippen molar-refractivity contribution < 1.29 is 9.18 Å². The molecule has 2 aromatic carbocycles. The molecule has 0 aliphatic carbocycles. The molecule has 1 amide bonds. The first-order valence-corrected chi connectivity index (χ1v) is 10.1. The number of benzene rings is 2. The maximum absolute atomic E-state index is 13.8. The van der Waals surface area contributed by atoms with Crippen LogP contribution in [0, 0.1) is 12.7 Å². The Bertz CT molecular complexity index is 1260. The van der Waals surface area contributed by atoms with Gasteiger partial charge in [-0.15, -0.1) is 0 Å². The van der Waals surface area contributed by atoms with Crippen LogP contribution in [0.3, 0.4) is 0 Å². The Morgan fingerprint density at radius 1 is 1.03 bits per heavy atom. The molecule has 0 aliphatic rings. The van der Waals surface area contributed by atoms with Gasteiger partial charge in [0.15, 0.2) is 0 Å². The lowest BCUT2D eigenvalue weighted by Gasteiger charge is -2.13. The minimum atomic E-state index is -0.393. The molecule has 6 heteroatoms. The Kier molecular flexibility index (Phi) is 5.65. The van der Waals surface area contributed by atoms with Gasteiger partial charge in [0.2, 0.25) is 5.91 Å². The van der Waals surface area contributed by atoms with E-state index in [4.69, 9.17) is 0 Å². The molecule has 0 unspecified atom stereocenters. The van der Waals surface area contributed by atoms with Crippen LogP contribution in [0.4, 0.5) is 4.39 Å². The lowest BCUT2D eigenvalue weighted by atomic mass is 10.1. The molecule has 2 aromatic heterocycles. The van der Waals surface area contributed by atoms with Crippen molar-refractivity contribution in [1.82, 2.24) is 14.3 Å². The van der Waals surface area contributed by atoms with E-state index in [-0.39, 0.29) is 11.5 Å². The molecule has 0 aliphatic heterocycles. The van der Waals surface area contributed by atoms with Crippen LogP contribution < -0.4 is 10.9 Å². The summed E-state index contributed by atoms with van der Waals surface area (Å²) in [6.45, 7) is 2.97. The van der Waals surface area contributed by atoms with Crippen LogP contribution in [0.2, 0.25) is 0 Å². The van der Waals surface area contributed by atoms with Crippen LogP contribution in [0.25, 0.3) is 16.6 Å². The maximum atomic E-state index is 13.8.